The molecule has 1 heterocycles. The van der Waals surface area contributed by atoms with Gasteiger partial charge in [0.15, 0.2) is 0 Å². The van der Waals surface area contributed by atoms with E-state index in [0.29, 0.717) is 5.56 Å². The SMILES string of the molecule is CCC1(CC)CC(NC(=O)c2cc(C(C)C)c(OC)cc2C)c2ccccc2O1. The molecule has 0 aromatic heterocycles. The minimum atomic E-state index is -0.246. The van der Waals surface area contributed by atoms with Crippen LogP contribution in [0, 0.1) is 6.92 Å². The summed E-state index contributed by atoms with van der Waals surface area (Å²) in [5.74, 6) is 1.94. The number of fused-ring (bicyclic) bond motifs is 1. The molecular weight excluding hydrogens is 362 g/mol. The summed E-state index contributed by atoms with van der Waals surface area (Å²) >= 11 is 0. The molecule has 1 amide bonds. The van der Waals surface area contributed by atoms with Gasteiger partial charge in [0.1, 0.15) is 17.1 Å². The van der Waals surface area contributed by atoms with Crippen LogP contribution in [0.5, 0.6) is 11.5 Å². The summed E-state index contributed by atoms with van der Waals surface area (Å²) in [5, 5.41) is 3.30. The summed E-state index contributed by atoms with van der Waals surface area (Å²) in [6, 6.07) is 11.9. The number of hydrogen-bond acceptors (Lipinski definition) is 3. The van der Waals surface area contributed by atoms with E-state index in [1.54, 1.807) is 7.11 Å². The molecule has 0 aliphatic carbocycles. The normalized spacial score (nSPS) is 17.4. The van der Waals surface area contributed by atoms with Crippen molar-refractivity contribution in [2.45, 2.75) is 71.4 Å². The van der Waals surface area contributed by atoms with Crippen LogP contribution in [0.3, 0.4) is 0 Å². The number of amides is 1. The first-order chi connectivity index (χ1) is 13.8. The number of benzene rings is 2. The molecule has 1 N–H and O–H groups in total. The maximum Gasteiger partial charge on any atom is 0.252 e. The molecule has 1 aliphatic heterocycles. The standard InChI is InChI=1S/C25H33NO3/c1-7-25(8-2)15-21(18-11-9-10-12-22(18)29-25)26-24(27)20-14-19(16(3)4)23(28-6)13-17(20)5/h9-14,16,21H,7-8,15H2,1-6H3,(H,26,27). The van der Waals surface area contributed by atoms with Crippen LogP contribution in [0.1, 0.15) is 86.0 Å². The molecule has 1 unspecified atom stereocenters. The second-order valence-electron chi connectivity index (χ2n) is 8.32. The van der Waals surface area contributed by atoms with Crippen LogP contribution in [0.15, 0.2) is 36.4 Å². The Labute approximate surface area is 174 Å². The van der Waals surface area contributed by atoms with Gasteiger partial charge in [-0.05, 0) is 55.0 Å². The molecule has 2 aromatic rings. The third-order valence-electron chi connectivity index (χ3n) is 6.23. The molecule has 0 radical (unpaired) electrons. The number of ether oxygens (including phenoxy) is 2. The molecule has 0 spiro atoms. The van der Waals surface area contributed by atoms with E-state index < -0.39 is 0 Å². The fourth-order valence-corrected chi connectivity index (χ4v) is 4.24. The molecule has 4 heteroatoms. The minimum Gasteiger partial charge on any atom is -0.496 e. The summed E-state index contributed by atoms with van der Waals surface area (Å²) in [4.78, 5) is 13.3. The van der Waals surface area contributed by atoms with Crippen molar-refractivity contribution in [3.05, 3.63) is 58.7 Å². The summed E-state index contributed by atoms with van der Waals surface area (Å²) in [6.45, 7) is 10.5. The average Bonchev–Trinajstić information content (AvgIpc) is 2.72. The summed E-state index contributed by atoms with van der Waals surface area (Å²) < 4.78 is 11.9. The first-order valence-corrected chi connectivity index (χ1v) is 10.6. The van der Waals surface area contributed by atoms with Crippen LogP contribution in [-0.2, 0) is 0 Å². The van der Waals surface area contributed by atoms with Gasteiger partial charge in [0.25, 0.3) is 5.91 Å². The van der Waals surface area contributed by atoms with E-state index in [9.17, 15) is 4.79 Å². The number of hydrogen-bond donors (Lipinski definition) is 1. The van der Waals surface area contributed by atoms with Gasteiger partial charge >= 0.3 is 0 Å². The van der Waals surface area contributed by atoms with Crippen LogP contribution in [0.25, 0.3) is 0 Å². The maximum absolute atomic E-state index is 13.3. The van der Waals surface area contributed by atoms with Crippen molar-refractivity contribution in [3.8, 4) is 11.5 Å². The zero-order valence-electron chi connectivity index (χ0n) is 18.5. The van der Waals surface area contributed by atoms with E-state index in [1.165, 1.54) is 0 Å². The highest BCUT2D eigenvalue weighted by Crippen LogP contribution is 2.42. The number of aryl methyl sites for hydroxylation is 1. The molecule has 1 atom stereocenters. The molecule has 0 saturated carbocycles. The quantitative estimate of drug-likeness (QED) is 0.658. The summed E-state index contributed by atoms with van der Waals surface area (Å²) in [6.07, 6.45) is 2.58. The van der Waals surface area contributed by atoms with Crippen molar-refractivity contribution in [1.82, 2.24) is 5.32 Å². The van der Waals surface area contributed by atoms with Gasteiger partial charge in [-0.2, -0.15) is 0 Å². The molecule has 0 fully saturated rings. The molecule has 1 aliphatic rings. The van der Waals surface area contributed by atoms with Crippen LogP contribution in [-0.4, -0.2) is 18.6 Å². The number of nitrogens with one attached hydrogen (secondary N) is 1. The highest BCUT2D eigenvalue weighted by molar-refractivity contribution is 5.96. The Balaban J connectivity index is 1.95. The van der Waals surface area contributed by atoms with E-state index in [-0.39, 0.29) is 23.5 Å². The van der Waals surface area contributed by atoms with Crippen molar-refractivity contribution in [2.24, 2.45) is 0 Å². The predicted molar refractivity (Wildman–Crippen MR) is 117 cm³/mol. The van der Waals surface area contributed by atoms with Gasteiger partial charge in [0, 0.05) is 17.5 Å². The lowest BCUT2D eigenvalue weighted by Gasteiger charge is -2.41. The van der Waals surface area contributed by atoms with Gasteiger partial charge in [-0.3, -0.25) is 4.79 Å². The van der Waals surface area contributed by atoms with Crippen molar-refractivity contribution >= 4 is 5.91 Å². The molecule has 3 rings (SSSR count). The molecule has 4 nitrogen and oxygen atoms in total. The van der Waals surface area contributed by atoms with E-state index >= 15 is 0 Å². The van der Waals surface area contributed by atoms with Crippen molar-refractivity contribution in [1.29, 1.82) is 0 Å². The predicted octanol–water partition coefficient (Wildman–Crippen LogP) is 5.94. The average molecular weight is 396 g/mol. The Bertz CT molecular complexity index is 884. The van der Waals surface area contributed by atoms with Gasteiger partial charge in [-0.25, -0.2) is 0 Å². The van der Waals surface area contributed by atoms with Crippen molar-refractivity contribution in [3.63, 3.8) is 0 Å². The first-order valence-electron chi connectivity index (χ1n) is 10.6. The minimum absolute atomic E-state index is 0.0464. The van der Waals surface area contributed by atoms with Gasteiger partial charge in [-0.1, -0.05) is 45.9 Å². The van der Waals surface area contributed by atoms with Crippen LogP contribution < -0.4 is 14.8 Å². The summed E-state index contributed by atoms with van der Waals surface area (Å²) in [7, 11) is 1.68. The lowest BCUT2D eigenvalue weighted by atomic mass is 9.83. The lowest BCUT2D eigenvalue weighted by Crippen LogP contribution is -2.44. The number of carbonyl (C=O) groups is 1. The third-order valence-corrected chi connectivity index (χ3v) is 6.23. The number of methoxy groups -OCH3 is 1. The Morgan fingerprint density at radius 1 is 1.24 bits per heavy atom. The second-order valence-corrected chi connectivity index (χ2v) is 8.32. The highest BCUT2D eigenvalue weighted by Gasteiger charge is 2.39. The van der Waals surface area contributed by atoms with Gasteiger partial charge in [0.05, 0.1) is 13.2 Å². The van der Waals surface area contributed by atoms with Crippen LogP contribution in [0.2, 0.25) is 0 Å². The second kappa shape index (κ2) is 8.48. The monoisotopic (exact) mass is 395 g/mol. The summed E-state index contributed by atoms with van der Waals surface area (Å²) in [5.41, 5.74) is 3.48. The lowest BCUT2D eigenvalue weighted by molar-refractivity contribution is 0.0227. The zero-order valence-corrected chi connectivity index (χ0v) is 18.5. The molecule has 2 aromatic carbocycles. The Hall–Kier alpha value is -2.49. The van der Waals surface area contributed by atoms with Crippen molar-refractivity contribution in [2.75, 3.05) is 7.11 Å². The number of carbonyl (C=O) groups excluding carboxylic acids is 1. The van der Waals surface area contributed by atoms with E-state index in [4.69, 9.17) is 9.47 Å². The Morgan fingerprint density at radius 2 is 1.93 bits per heavy atom. The maximum atomic E-state index is 13.3. The van der Waals surface area contributed by atoms with E-state index in [1.807, 2.05) is 37.3 Å². The number of para-hydroxylation sites is 1. The molecule has 29 heavy (non-hydrogen) atoms. The topological polar surface area (TPSA) is 47.6 Å². The highest BCUT2D eigenvalue weighted by atomic mass is 16.5. The van der Waals surface area contributed by atoms with E-state index in [0.717, 1.165) is 47.5 Å². The van der Waals surface area contributed by atoms with Crippen LogP contribution in [0.4, 0.5) is 0 Å². The zero-order chi connectivity index (χ0) is 21.2. The van der Waals surface area contributed by atoms with Crippen LogP contribution >= 0.6 is 0 Å². The smallest absolute Gasteiger partial charge is 0.252 e. The molecular formula is C25H33NO3. The first kappa shape index (κ1) is 21.2. The molecule has 0 saturated heterocycles. The Morgan fingerprint density at radius 3 is 2.55 bits per heavy atom. The fourth-order valence-electron chi connectivity index (χ4n) is 4.24. The van der Waals surface area contributed by atoms with Crippen molar-refractivity contribution < 1.29 is 14.3 Å². The van der Waals surface area contributed by atoms with E-state index in [2.05, 4.69) is 39.1 Å². The molecule has 0 bridgehead atoms. The van der Waals surface area contributed by atoms with Gasteiger partial charge in [0.2, 0.25) is 0 Å². The van der Waals surface area contributed by atoms with Gasteiger partial charge < -0.3 is 14.8 Å². The molecule has 156 valence electrons. The van der Waals surface area contributed by atoms with Gasteiger partial charge in [-0.15, -0.1) is 0 Å². The fraction of sp³-hybridized carbons (Fsp3) is 0.480. The number of rotatable bonds is 6. The largest absolute Gasteiger partial charge is 0.496 e. The Kier molecular flexibility index (Phi) is 6.21. The third kappa shape index (κ3) is 4.12.